The van der Waals surface area contributed by atoms with Gasteiger partial charge >= 0.3 is 6.36 Å². The molecular formula is C14H15ClF3NO3. The molecule has 2 rings (SSSR count). The summed E-state index contributed by atoms with van der Waals surface area (Å²) in [5.41, 5.74) is 3.03. The lowest BCUT2D eigenvalue weighted by atomic mass is 9.70. The molecule has 22 heavy (non-hydrogen) atoms. The average Bonchev–Trinajstić information content (AvgIpc) is 2.37. The number of ether oxygens (including phenoxy) is 1. The number of rotatable bonds is 2. The minimum Gasteiger partial charge on any atom is -0.404 e. The molecule has 1 saturated carbocycles. The highest BCUT2D eigenvalue weighted by Gasteiger charge is 2.49. The Hall–Kier alpha value is -1.31. The predicted molar refractivity (Wildman–Crippen MR) is 73.5 cm³/mol. The average molecular weight is 338 g/mol. The number of carbonyl (C=O) groups excluding carboxylic acids is 1. The lowest BCUT2D eigenvalue weighted by Crippen LogP contribution is -2.57. The summed E-state index contributed by atoms with van der Waals surface area (Å²) in [5, 5.41) is 9.83. The van der Waals surface area contributed by atoms with E-state index in [-0.39, 0.29) is 23.4 Å². The Morgan fingerprint density at radius 1 is 1.36 bits per heavy atom. The van der Waals surface area contributed by atoms with Gasteiger partial charge in [0.1, 0.15) is 16.9 Å². The summed E-state index contributed by atoms with van der Waals surface area (Å²) >= 11 is 5.68. The number of halogens is 4. The van der Waals surface area contributed by atoms with Crippen LogP contribution in [0.2, 0.25) is 5.02 Å². The first kappa shape index (κ1) is 17.1. The lowest BCUT2D eigenvalue weighted by Gasteiger charge is -2.40. The first-order chi connectivity index (χ1) is 9.96. The maximum atomic E-state index is 12.4. The SMILES string of the molecule is CC1(O)CCCC(N)(c2ccc(Cl)c(OC(F)(F)F)c2)C1=O. The number of ketones is 1. The minimum atomic E-state index is -4.91. The van der Waals surface area contributed by atoms with E-state index in [1.807, 2.05) is 0 Å². The third-order valence-electron chi connectivity index (χ3n) is 3.80. The smallest absolute Gasteiger partial charge is 0.404 e. The van der Waals surface area contributed by atoms with Crippen molar-refractivity contribution in [1.29, 1.82) is 0 Å². The fourth-order valence-electron chi connectivity index (χ4n) is 2.68. The molecule has 1 aliphatic rings. The molecule has 1 aliphatic carbocycles. The van der Waals surface area contributed by atoms with Gasteiger partial charge in [-0.1, -0.05) is 17.7 Å². The first-order valence-corrected chi connectivity index (χ1v) is 6.95. The number of hydrogen-bond acceptors (Lipinski definition) is 4. The molecule has 122 valence electrons. The second kappa shape index (κ2) is 5.40. The molecule has 0 aromatic heterocycles. The molecule has 0 bridgehead atoms. The van der Waals surface area contributed by atoms with Crippen LogP contribution < -0.4 is 10.5 Å². The summed E-state index contributed by atoms with van der Waals surface area (Å²) in [6.07, 6.45) is -3.97. The molecule has 1 aromatic carbocycles. The molecule has 0 radical (unpaired) electrons. The highest BCUT2D eigenvalue weighted by molar-refractivity contribution is 6.32. The summed E-state index contributed by atoms with van der Waals surface area (Å²) < 4.78 is 40.9. The summed E-state index contributed by atoms with van der Waals surface area (Å²) in [4.78, 5) is 12.4. The van der Waals surface area contributed by atoms with E-state index in [0.717, 1.165) is 6.07 Å². The quantitative estimate of drug-likeness (QED) is 0.870. The fraction of sp³-hybridized carbons (Fsp3) is 0.500. The normalized spacial score (nSPS) is 29.5. The molecular weight excluding hydrogens is 323 g/mol. The van der Waals surface area contributed by atoms with Gasteiger partial charge in [-0.05, 0) is 43.9 Å². The number of hydrogen-bond donors (Lipinski definition) is 2. The summed E-state index contributed by atoms with van der Waals surface area (Å²) in [6.45, 7) is 1.35. The Labute approximate surface area is 130 Å². The fourth-order valence-corrected chi connectivity index (χ4v) is 2.83. The molecule has 3 N–H and O–H groups in total. The number of nitrogens with two attached hydrogens (primary N) is 1. The van der Waals surface area contributed by atoms with Crippen molar-refractivity contribution < 1.29 is 27.8 Å². The van der Waals surface area contributed by atoms with Gasteiger partial charge in [0.05, 0.1) is 5.02 Å². The summed E-state index contributed by atoms with van der Waals surface area (Å²) in [7, 11) is 0. The van der Waals surface area contributed by atoms with Crippen molar-refractivity contribution in [2.45, 2.75) is 43.7 Å². The van der Waals surface area contributed by atoms with Crippen LogP contribution in [-0.2, 0) is 10.3 Å². The van der Waals surface area contributed by atoms with Crippen molar-refractivity contribution in [3.63, 3.8) is 0 Å². The van der Waals surface area contributed by atoms with Gasteiger partial charge in [0.2, 0.25) is 0 Å². The van der Waals surface area contributed by atoms with E-state index in [1.165, 1.54) is 19.1 Å². The molecule has 0 saturated heterocycles. The van der Waals surface area contributed by atoms with E-state index in [9.17, 15) is 23.1 Å². The van der Waals surface area contributed by atoms with Gasteiger partial charge < -0.3 is 15.6 Å². The molecule has 0 aliphatic heterocycles. The van der Waals surface area contributed by atoms with Crippen molar-refractivity contribution in [2.24, 2.45) is 5.73 Å². The molecule has 0 spiro atoms. The van der Waals surface area contributed by atoms with Crippen molar-refractivity contribution >= 4 is 17.4 Å². The number of benzene rings is 1. The van der Waals surface area contributed by atoms with Crippen LogP contribution >= 0.6 is 11.6 Å². The summed E-state index contributed by atoms with van der Waals surface area (Å²) in [6, 6.07) is 3.54. The molecule has 0 heterocycles. The highest BCUT2D eigenvalue weighted by atomic mass is 35.5. The molecule has 0 amide bonds. The third kappa shape index (κ3) is 3.21. The topological polar surface area (TPSA) is 72.6 Å². The summed E-state index contributed by atoms with van der Waals surface area (Å²) in [5.74, 6) is -1.26. The van der Waals surface area contributed by atoms with Crippen LogP contribution in [0.1, 0.15) is 31.7 Å². The largest absolute Gasteiger partial charge is 0.573 e. The van der Waals surface area contributed by atoms with Crippen LogP contribution in [0.3, 0.4) is 0 Å². The van der Waals surface area contributed by atoms with Gasteiger partial charge in [-0.25, -0.2) is 0 Å². The van der Waals surface area contributed by atoms with Gasteiger partial charge in [0.25, 0.3) is 0 Å². The minimum absolute atomic E-state index is 0.126. The maximum Gasteiger partial charge on any atom is 0.573 e. The van der Waals surface area contributed by atoms with Crippen LogP contribution in [0.25, 0.3) is 0 Å². The van der Waals surface area contributed by atoms with Crippen molar-refractivity contribution in [3.05, 3.63) is 28.8 Å². The van der Waals surface area contributed by atoms with Gasteiger partial charge in [0.15, 0.2) is 5.78 Å². The molecule has 4 nitrogen and oxygen atoms in total. The van der Waals surface area contributed by atoms with Crippen LogP contribution in [0, 0.1) is 0 Å². The Kier molecular flexibility index (Phi) is 4.18. The molecule has 8 heteroatoms. The Bertz CT molecular complexity index is 603. The lowest BCUT2D eigenvalue weighted by molar-refractivity contribution is -0.274. The molecule has 2 unspecified atom stereocenters. The monoisotopic (exact) mass is 337 g/mol. The van der Waals surface area contributed by atoms with E-state index in [0.29, 0.717) is 6.42 Å². The van der Waals surface area contributed by atoms with E-state index < -0.39 is 29.0 Å². The maximum absolute atomic E-state index is 12.4. The van der Waals surface area contributed by atoms with Crippen LogP contribution in [0.5, 0.6) is 5.75 Å². The van der Waals surface area contributed by atoms with Crippen molar-refractivity contribution in [2.75, 3.05) is 0 Å². The Morgan fingerprint density at radius 2 is 2.00 bits per heavy atom. The van der Waals surface area contributed by atoms with Gasteiger partial charge in [-0.15, -0.1) is 13.2 Å². The van der Waals surface area contributed by atoms with Crippen LogP contribution in [0.15, 0.2) is 18.2 Å². The number of Topliss-reactive ketones (excluding diaryl/α,β-unsaturated/α-hetero) is 1. The van der Waals surface area contributed by atoms with Crippen LogP contribution in [-0.4, -0.2) is 22.9 Å². The molecule has 1 aromatic rings. The zero-order valence-electron chi connectivity index (χ0n) is 11.7. The zero-order valence-corrected chi connectivity index (χ0v) is 12.5. The van der Waals surface area contributed by atoms with E-state index in [4.69, 9.17) is 17.3 Å². The first-order valence-electron chi connectivity index (χ1n) is 6.58. The van der Waals surface area contributed by atoms with Gasteiger partial charge in [-0.3, -0.25) is 4.79 Å². The van der Waals surface area contributed by atoms with Gasteiger partial charge in [-0.2, -0.15) is 0 Å². The number of aliphatic hydroxyl groups is 1. The number of alkyl halides is 3. The van der Waals surface area contributed by atoms with E-state index in [2.05, 4.69) is 4.74 Å². The molecule has 2 atom stereocenters. The molecule has 1 fully saturated rings. The predicted octanol–water partition coefficient (Wildman–Crippen LogP) is 2.90. The standard InChI is InChI=1S/C14H15ClF3NO3/c1-12(21)5-2-6-13(19,11(12)20)8-3-4-9(15)10(7-8)22-14(16,17)18/h3-4,7,21H,2,5-6,19H2,1H3. The highest BCUT2D eigenvalue weighted by Crippen LogP contribution is 2.40. The van der Waals surface area contributed by atoms with Crippen molar-refractivity contribution in [3.8, 4) is 5.75 Å². The van der Waals surface area contributed by atoms with E-state index in [1.54, 1.807) is 0 Å². The Morgan fingerprint density at radius 3 is 2.59 bits per heavy atom. The second-order valence-electron chi connectivity index (χ2n) is 5.62. The third-order valence-corrected chi connectivity index (χ3v) is 4.11. The van der Waals surface area contributed by atoms with Crippen LogP contribution in [0.4, 0.5) is 13.2 Å². The second-order valence-corrected chi connectivity index (χ2v) is 6.03. The Balaban J connectivity index is 2.44. The number of carbonyl (C=O) groups is 1. The zero-order chi connectivity index (χ0) is 16.8. The van der Waals surface area contributed by atoms with E-state index >= 15 is 0 Å². The van der Waals surface area contributed by atoms with Gasteiger partial charge in [0, 0.05) is 0 Å². The van der Waals surface area contributed by atoms with Crippen molar-refractivity contribution in [1.82, 2.24) is 0 Å².